The van der Waals surface area contributed by atoms with E-state index in [1.54, 1.807) is 0 Å². The van der Waals surface area contributed by atoms with Gasteiger partial charge in [-0.25, -0.2) is 13.8 Å². The second-order valence-corrected chi connectivity index (χ2v) is 3.33. The van der Waals surface area contributed by atoms with Gasteiger partial charge >= 0.3 is 0 Å². The van der Waals surface area contributed by atoms with Crippen molar-refractivity contribution in [3.8, 4) is 5.75 Å². The first-order valence-corrected chi connectivity index (χ1v) is 5.03. The monoisotopic (exact) mass is 257 g/mol. The van der Waals surface area contributed by atoms with Crippen LogP contribution in [0.2, 0.25) is 0 Å². The fourth-order valence-electron chi connectivity index (χ4n) is 1.26. The molecule has 1 rings (SSSR count). The molecule has 98 valence electrons. The number of halogens is 2. The Labute approximate surface area is 103 Å². The molecule has 1 amide bonds. The Bertz CT molecular complexity index is 475. The van der Waals surface area contributed by atoms with Crippen molar-refractivity contribution in [2.75, 3.05) is 21.3 Å². The first-order valence-electron chi connectivity index (χ1n) is 5.03. The van der Waals surface area contributed by atoms with Crippen molar-refractivity contribution in [2.45, 2.75) is 0 Å². The number of benzene rings is 1. The number of rotatable bonds is 4. The molecule has 0 saturated heterocycles. The Morgan fingerprint density at radius 1 is 1.28 bits per heavy atom. The van der Waals surface area contributed by atoms with Gasteiger partial charge in [0.2, 0.25) is 0 Å². The van der Waals surface area contributed by atoms with Crippen molar-refractivity contribution in [3.05, 3.63) is 35.4 Å². The largest absolute Gasteiger partial charge is 0.493 e. The molecule has 4 nitrogen and oxygen atoms in total. The lowest BCUT2D eigenvalue weighted by molar-refractivity contribution is -0.162. The number of carbonyl (C=O) groups excluding carboxylic acids is 1. The minimum absolute atomic E-state index is 0.129. The van der Waals surface area contributed by atoms with Gasteiger partial charge in [0.15, 0.2) is 11.6 Å². The van der Waals surface area contributed by atoms with E-state index < -0.39 is 17.5 Å². The van der Waals surface area contributed by atoms with Crippen LogP contribution in [-0.4, -0.2) is 32.2 Å². The third kappa shape index (κ3) is 3.04. The van der Waals surface area contributed by atoms with Crippen LogP contribution >= 0.6 is 0 Å². The molecule has 18 heavy (non-hydrogen) atoms. The van der Waals surface area contributed by atoms with Crippen LogP contribution in [0.25, 0.3) is 6.08 Å². The maximum Gasteiger partial charge on any atom is 0.269 e. The molecule has 0 atom stereocenters. The summed E-state index contributed by atoms with van der Waals surface area (Å²) >= 11 is 0. The number of methoxy groups -OCH3 is 1. The van der Waals surface area contributed by atoms with Crippen molar-refractivity contribution in [1.82, 2.24) is 5.06 Å². The number of amides is 1. The molecule has 0 aromatic heterocycles. The van der Waals surface area contributed by atoms with Crippen LogP contribution in [-0.2, 0) is 9.63 Å². The van der Waals surface area contributed by atoms with Crippen LogP contribution < -0.4 is 4.74 Å². The van der Waals surface area contributed by atoms with E-state index >= 15 is 0 Å². The predicted molar refractivity (Wildman–Crippen MR) is 61.7 cm³/mol. The van der Waals surface area contributed by atoms with E-state index in [9.17, 15) is 13.6 Å². The van der Waals surface area contributed by atoms with Crippen molar-refractivity contribution >= 4 is 12.0 Å². The summed E-state index contributed by atoms with van der Waals surface area (Å²) in [4.78, 5) is 16.0. The zero-order valence-corrected chi connectivity index (χ0v) is 10.2. The van der Waals surface area contributed by atoms with E-state index in [0.29, 0.717) is 0 Å². The molecule has 0 aliphatic rings. The predicted octanol–water partition coefficient (Wildman–Crippen LogP) is 2.01. The van der Waals surface area contributed by atoms with E-state index in [1.807, 2.05) is 0 Å². The van der Waals surface area contributed by atoms with Crippen molar-refractivity contribution in [1.29, 1.82) is 0 Å². The molecule has 0 saturated carbocycles. The number of ether oxygens (including phenoxy) is 1. The number of nitrogens with zero attached hydrogens (tertiary/aromatic N) is 1. The zero-order chi connectivity index (χ0) is 13.7. The summed E-state index contributed by atoms with van der Waals surface area (Å²) in [6, 6.07) is 1.91. The smallest absolute Gasteiger partial charge is 0.269 e. The molecule has 0 heterocycles. The lowest BCUT2D eigenvalue weighted by Gasteiger charge is -2.11. The van der Waals surface area contributed by atoms with Gasteiger partial charge in [-0.2, -0.15) is 0 Å². The van der Waals surface area contributed by atoms with E-state index in [0.717, 1.165) is 29.3 Å². The normalized spacial score (nSPS) is 10.7. The Balaban J connectivity index is 3.07. The second kappa shape index (κ2) is 6.11. The second-order valence-electron chi connectivity index (χ2n) is 3.33. The summed E-state index contributed by atoms with van der Waals surface area (Å²) in [5, 5.41) is 0.945. The molecule has 1 aromatic carbocycles. The number of hydrogen-bond acceptors (Lipinski definition) is 3. The zero-order valence-electron chi connectivity index (χ0n) is 10.2. The fraction of sp³-hybridized carbons (Fsp3) is 0.250. The molecule has 0 radical (unpaired) electrons. The van der Waals surface area contributed by atoms with Gasteiger partial charge in [-0.3, -0.25) is 9.63 Å². The van der Waals surface area contributed by atoms with Gasteiger partial charge in [-0.15, -0.1) is 0 Å². The van der Waals surface area contributed by atoms with Crippen LogP contribution in [0.15, 0.2) is 18.2 Å². The van der Waals surface area contributed by atoms with Crippen molar-refractivity contribution < 1.29 is 23.1 Å². The molecule has 0 spiro atoms. The van der Waals surface area contributed by atoms with E-state index in [1.165, 1.54) is 21.3 Å². The Kier molecular flexibility index (Phi) is 4.79. The van der Waals surface area contributed by atoms with Crippen LogP contribution in [0.5, 0.6) is 5.75 Å². The highest BCUT2D eigenvalue weighted by molar-refractivity contribution is 5.91. The van der Waals surface area contributed by atoms with Crippen molar-refractivity contribution in [3.63, 3.8) is 0 Å². The van der Waals surface area contributed by atoms with E-state index in [2.05, 4.69) is 4.84 Å². The molecule has 0 unspecified atom stereocenters. The topological polar surface area (TPSA) is 38.8 Å². The van der Waals surface area contributed by atoms with Gasteiger partial charge in [0.1, 0.15) is 5.82 Å². The van der Waals surface area contributed by atoms with Crippen LogP contribution in [0.1, 0.15) is 5.56 Å². The highest BCUT2D eigenvalue weighted by Crippen LogP contribution is 2.26. The Hall–Kier alpha value is -1.95. The molecule has 1 aromatic rings. The van der Waals surface area contributed by atoms with Gasteiger partial charge in [0.25, 0.3) is 5.91 Å². The Morgan fingerprint density at radius 3 is 2.44 bits per heavy atom. The fourth-order valence-corrected chi connectivity index (χ4v) is 1.26. The minimum atomic E-state index is -0.703. The average molecular weight is 257 g/mol. The SMILES string of the molecule is COc1c(F)ccc(F)c1C=CC(=O)N(C)OC. The summed E-state index contributed by atoms with van der Waals surface area (Å²) < 4.78 is 31.6. The third-order valence-electron chi connectivity index (χ3n) is 2.28. The van der Waals surface area contributed by atoms with Gasteiger partial charge in [-0.1, -0.05) is 0 Å². The molecule has 6 heteroatoms. The number of hydrogen-bond donors (Lipinski definition) is 0. The Morgan fingerprint density at radius 2 is 1.89 bits per heavy atom. The van der Waals surface area contributed by atoms with Gasteiger partial charge in [0.05, 0.1) is 19.8 Å². The van der Waals surface area contributed by atoms with Crippen LogP contribution in [0, 0.1) is 11.6 Å². The highest BCUT2D eigenvalue weighted by Gasteiger charge is 2.13. The molecular weight excluding hydrogens is 244 g/mol. The molecule has 0 aliphatic heterocycles. The molecule has 0 N–H and O–H groups in total. The van der Waals surface area contributed by atoms with E-state index in [-0.39, 0.29) is 11.3 Å². The quantitative estimate of drug-likeness (QED) is 0.611. The third-order valence-corrected chi connectivity index (χ3v) is 2.28. The number of hydroxylamine groups is 2. The average Bonchev–Trinajstić information content (AvgIpc) is 2.38. The summed E-state index contributed by atoms with van der Waals surface area (Å²) in [6.07, 6.45) is 2.19. The molecule has 0 fully saturated rings. The first kappa shape index (κ1) is 14.1. The maximum absolute atomic E-state index is 13.5. The van der Waals surface area contributed by atoms with Gasteiger partial charge < -0.3 is 4.74 Å². The molecule has 0 bridgehead atoms. The summed E-state index contributed by atoms with van der Waals surface area (Å²) in [7, 11) is 3.93. The molecule has 0 aliphatic carbocycles. The summed E-state index contributed by atoms with van der Waals surface area (Å²) in [5.74, 6) is -2.15. The summed E-state index contributed by atoms with van der Waals surface area (Å²) in [6.45, 7) is 0. The molecular formula is C12H13F2NO3. The van der Waals surface area contributed by atoms with Gasteiger partial charge in [-0.05, 0) is 18.2 Å². The van der Waals surface area contributed by atoms with Crippen LogP contribution in [0.4, 0.5) is 8.78 Å². The number of likely N-dealkylation sites (N-methyl/N-ethyl adjacent to an activating group) is 1. The van der Waals surface area contributed by atoms with Crippen LogP contribution in [0.3, 0.4) is 0 Å². The highest BCUT2D eigenvalue weighted by atomic mass is 19.1. The van der Waals surface area contributed by atoms with Gasteiger partial charge in [0, 0.05) is 13.1 Å². The number of carbonyl (C=O) groups is 1. The summed E-state index contributed by atoms with van der Waals surface area (Å²) in [5.41, 5.74) is -0.129. The van der Waals surface area contributed by atoms with E-state index in [4.69, 9.17) is 4.74 Å². The lowest BCUT2D eigenvalue weighted by atomic mass is 10.1. The van der Waals surface area contributed by atoms with Crippen molar-refractivity contribution in [2.24, 2.45) is 0 Å². The maximum atomic E-state index is 13.5. The lowest BCUT2D eigenvalue weighted by Crippen LogP contribution is -2.23. The standard InChI is InChI=1S/C12H13F2NO3/c1-15(18-3)11(16)7-4-8-9(13)5-6-10(14)12(8)17-2/h4-7H,1-3H3. The minimum Gasteiger partial charge on any atom is -0.493 e. The first-order chi connectivity index (χ1) is 8.51.